The van der Waals surface area contributed by atoms with Crippen molar-refractivity contribution in [3.05, 3.63) is 23.8 Å². The first kappa shape index (κ1) is 12.5. The molecule has 1 N–H and O–H groups in total. The van der Waals surface area contributed by atoms with Gasteiger partial charge in [-0.15, -0.1) is 0 Å². The monoisotopic (exact) mass is 233 g/mol. The molecule has 2 atom stereocenters. The summed E-state index contributed by atoms with van der Waals surface area (Å²) in [7, 11) is 0. The van der Waals surface area contributed by atoms with Crippen molar-refractivity contribution in [1.29, 1.82) is 0 Å². The summed E-state index contributed by atoms with van der Waals surface area (Å²) < 4.78 is 0. The van der Waals surface area contributed by atoms with Gasteiger partial charge in [0, 0.05) is 18.9 Å². The Hall–Kier alpha value is -0.960. The Morgan fingerprint density at radius 2 is 2.18 bits per heavy atom. The fraction of sp³-hybridized carbons (Fsp3) is 0.714. The summed E-state index contributed by atoms with van der Waals surface area (Å²) in [5.41, 5.74) is 2.02. The Morgan fingerprint density at radius 1 is 1.29 bits per heavy atom. The molecule has 0 radical (unpaired) electrons. The second-order valence-electron chi connectivity index (χ2n) is 5.42. The molecule has 2 rings (SSSR count). The number of nitrogens with one attached hydrogen (secondary N) is 1. The molecule has 0 aliphatic heterocycles. The topological polar surface area (TPSA) is 37.8 Å². The molecule has 1 fully saturated rings. The van der Waals surface area contributed by atoms with Gasteiger partial charge in [-0.25, -0.2) is 0 Å². The summed E-state index contributed by atoms with van der Waals surface area (Å²) >= 11 is 0. The number of hydrogen-bond donors (Lipinski definition) is 1. The zero-order chi connectivity index (χ0) is 12.1. The third-order valence-electron chi connectivity index (χ3n) is 3.62. The standard InChI is InChI=1S/C14H23N3/c1-11-4-3-5-13(6-11)8-15-9-14-10-16-12(2)7-17-14/h7,10-11,13,15H,3-6,8-9H2,1-2H3. The molecule has 1 aliphatic rings. The Balaban J connectivity index is 1.70. The van der Waals surface area contributed by atoms with E-state index in [1.807, 2.05) is 19.3 Å². The minimum Gasteiger partial charge on any atom is -0.311 e. The smallest absolute Gasteiger partial charge is 0.0724 e. The zero-order valence-electron chi connectivity index (χ0n) is 10.9. The predicted octanol–water partition coefficient (Wildman–Crippen LogP) is 2.70. The number of nitrogens with zero attached hydrogens (tertiary/aromatic N) is 2. The van der Waals surface area contributed by atoms with E-state index in [4.69, 9.17) is 0 Å². The second kappa shape index (κ2) is 6.10. The average molecular weight is 233 g/mol. The van der Waals surface area contributed by atoms with Crippen LogP contribution in [0.4, 0.5) is 0 Å². The highest BCUT2D eigenvalue weighted by Crippen LogP contribution is 2.27. The summed E-state index contributed by atoms with van der Waals surface area (Å²) in [6, 6.07) is 0. The van der Waals surface area contributed by atoms with E-state index in [0.29, 0.717) is 0 Å². The highest BCUT2D eigenvalue weighted by atomic mass is 14.9. The Kier molecular flexibility index (Phi) is 4.49. The number of hydrogen-bond acceptors (Lipinski definition) is 3. The van der Waals surface area contributed by atoms with Gasteiger partial charge >= 0.3 is 0 Å². The third kappa shape index (κ3) is 4.08. The summed E-state index contributed by atoms with van der Waals surface area (Å²) in [5, 5.41) is 3.51. The Morgan fingerprint density at radius 3 is 2.88 bits per heavy atom. The van der Waals surface area contributed by atoms with Crippen LogP contribution in [0.25, 0.3) is 0 Å². The van der Waals surface area contributed by atoms with E-state index >= 15 is 0 Å². The van der Waals surface area contributed by atoms with Crippen LogP contribution in [0.1, 0.15) is 44.0 Å². The SMILES string of the molecule is Cc1cnc(CNCC2CCCC(C)C2)cn1. The van der Waals surface area contributed by atoms with Crippen molar-refractivity contribution < 1.29 is 0 Å². The zero-order valence-corrected chi connectivity index (χ0v) is 10.9. The molecule has 0 saturated heterocycles. The molecular formula is C14H23N3. The average Bonchev–Trinajstić information content (AvgIpc) is 2.32. The van der Waals surface area contributed by atoms with E-state index in [1.54, 1.807) is 0 Å². The number of aryl methyl sites for hydroxylation is 1. The van der Waals surface area contributed by atoms with Crippen molar-refractivity contribution in [2.24, 2.45) is 11.8 Å². The van der Waals surface area contributed by atoms with Crippen molar-refractivity contribution in [1.82, 2.24) is 15.3 Å². The minimum absolute atomic E-state index is 0.845. The van der Waals surface area contributed by atoms with E-state index in [9.17, 15) is 0 Å². The highest BCUT2D eigenvalue weighted by molar-refractivity contribution is 5.00. The van der Waals surface area contributed by atoms with Crippen LogP contribution in [-0.4, -0.2) is 16.5 Å². The second-order valence-corrected chi connectivity index (χ2v) is 5.42. The summed E-state index contributed by atoms with van der Waals surface area (Å²) in [6.07, 6.45) is 9.28. The van der Waals surface area contributed by atoms with Gasteiger partial charge in [-0.2, -0.15) is 0 Å². The number of aromatic nitrogens is 2. The molecule has 0 amide bonds. The van der Waals surface area contributed by atoms with Crippen molar-refractivity contribution in [3.63, 3.8) is 0 Å². The maximum atomic E-state index is 4.35. The van der Waals surface area contributed by atoms with Gasteiger partial charge in [0.1, 0.15) is 0 Å². The van der Waals surface area contributed by atoms with Crippen molar-refractivity contribution in [2.75, 3.05) is 6.54 Å². The summed E-state index contributed by atoms with van der Waals surface area (Å²) in [4.78, 5) is 8.60. The first-order valence-electron chi connectivity index (χ1n) is 6.72. The molecular weight excluding hydrogens is 210 g/mol. The molecule has 3 nitrogen and oxygen atoms in total. The van der Waals surface area contributed by atoms with Gasteiger partial charge in [-0.3, -0.25) is 9.97 Å². The van der Waals surface area contributed by atoms with E-state index in [2.05, 4.69) is 22.2 Å². The van der Waals surface area contributed by atoms with Crippen LogP contribution in [0.2, 0.25) is 0 Å². The lowest BCUT2D eigenvalue weighted by Crippen LogP contribution is -2.26. The largest absolute Gasteiger partial charge is 0.311 e. The normalized spacial score (nSPS) is 24.8. The van der Waals surface area contributed by atoms with Crippen LogP contribution >= 0.6 is 0 Å². The molecule has 0 spiro atoms. The van der Waals surface area contributed by atoms with E-state index in [-0.39, 0.29) is 0 Å². The lowest BCUT2D eigenvalue weighted by molar-refractivity contribution is 0.274. The predicted molar refractivity (Wildman–Crippen MR) is 69.6 cm³/mol. The molecule has 1 heterocycles. The fourth-order valence-electron chi connectivity index (χ4n) is 2.66. The van der Waals surface area contributed by atoms with Gasteiger partial charge in [0.15, 0.2) is 0 Å². The highest BCUT2D eigenvalue weighted by Gasteiger charge is 2.18. The fourth-order valence-corrected chi connectivity index (χ4v) is 2.66. The van der Waals surface area contributed by atoms with Crippen LogP contribution in [0.15, 0.2) is 12.4 Å². The molecule has 2 unspecified atom stereocenters. The molecule has 94 valence electrons. The third-order valence-corrected chi connectivity index (χ3v) is 3.62. The lowest BCUT2D eigenvalue weighted by atomic mass is 9.82. The first-order chi connectivity index (χ1) is 8.24. The van der Waals surface area contributed by atoms with Crippen molar-refractivity contribution in [2.45, 2.75) is 46.1 Å². The van der Waals surface area contributed by atoms with Gasteiger partial charge in [0.2, 0.25) is 0 Å². The van der Waals surface area contributed by atoms with E-state index < -0.39 is 0 Å². The molecule has 0 bridgehead atoms. The van der Waals surface area contributed by atoms with Crippen LogP contribution < -0.4 is 5.32 Å². The molecule has 1 saturated carbocycles. The van der Waals surface area contributed by atoms with Crippen LogP contribution in [-0.2, 0) is 6.54 Å². The molecule has 17 heavy (non-hydrogen) atoms. The van der Waals surface area contributed by atoms with Crippen molar-refractivity contribution >= 4 is 0 Å². The maximum absolute atomic E-state index is 4.35. The van der Waals surface area contributed by atoms with E-state index in [1.165, 1.54) is 25.7 Å². The minimum atomic E-state index is 0.845. The van der Waals surface area contributed by atoms with Crippen LogP contribution in [0.5, 0.6) is 0 Å². The number of rotatable bonds is 4. The van der Waals surface area contributed by atoms with E-state index in [0.717, 1.165) is 36.3 Å². The summed E-state index contributed by atoms with van der Waals surface area (Å²) in [6.45, 7) is 6.31. The Labute approximate surface area is 104 Å². The first-order valence-corrected chi connectivity index (χ1v) is 6.72. The van der Waals surface area contributed by atoms with Gasteiger partial charge in [-0.1, -0.05) is 19.8 Å². The van der Waals surface area contributed by atoms with Gasteiger partial charge in [0.05, 0.1) is 11.4 Å². The molecule has 1 aromatic heterocycles. The van der Waals surface area contributed by atoms with Crippen molar-refractivity contribution in [3.8, 4) is 0 Å². The van der Waals surface area contributed by atoms with Crippen LogP contribution in [0.3, 0.4) is 0 Å². The van der Waals surface area contributed by atoms with Gasteiger partial charge < -0.3 is 5.32 Å². The maximum Gasteiger partial charge on any atom is 0.0724 e. The molecule has 3 heteroatoms. The molecule has 1 aromatic rings. The van der Waals surface area contributed by atoms with Crippen LogP contribution in [0, 0.1) is 18.8 Å². The lowest BCUT2D eigenvalue weighted by Gasteiger charge is -2.26. The molecule has 1 aliphatic carbocycles. The molecule has 0 aromatic carbocycles. The van der Waals surface area contributed by atoms with Gasteiger partial charge in [-0.05, 0) is 38.1 Å². The Bertz CT molecular complexity index is 334. The van der Waals surface area contributed by atoms with Gasteiger partial charge in [0.25, 0.3) is 0 Å². The summed E-state index contributed by atoms with van der Waals surface area (Å²) in [5.74, 6) is 1.77. The quantitative estimate of drug-likeness (QED) is 0.869.